The summed E-state index contributed by atoms with van der Waals surface area (Å²) in [6, 6.07) is 3.92. The fourth-order valence-electron chi connectivity index (χ4n) is 2.53. The van der Waals surface area contributed by atoms with Crippen molar-refractivity contribution < 1.29 is 8.42 Å². The van der Waals surface area contributed by atoms with Crippen LogP contribution in [0.1, 0.15) is 24.1 Å². The van der Waals surface area contributed by atoms with Crippen molar-refractivity contribution in [3.05, 3.63) is 17.0 Å². The molecule has 2 fully saturated rings. The van der Waals surface area contributed by atoms with E-state index in [1.54, 1.807) is 12.1 Å². The molecule has 2 aliphatic rings. The van der Waals surface area contributed by atoms with Crippen LogP contribution in [0, 0.1) is 0 Å². The summed E-state index contributed by atoms with van der Waals surface area (Å²) in [5.41, 5.74) is 5.51. The van der Waals surface area contributed by atoms with Gasteiger partial charge in [-0.1, -0.05) is 12.2 Å². The fourth-order valence-corrected chi connectivity index (χ4v) is 5.16. The predicted octanol–water partition coefficient (Wildman–Crippen LogP) is 0.897. The summed E-state index contributed by atoms with van der Waals surface area (Å²) in [5.74, 6) is 0. The lowest BCUT2D eigenvalue weighted by Gasteiger charge is -2.15. The van der Waals surface area contributed by atoms with Crippen LogP contribution in [0.5, 0.6) is 0 Å². The fraction of sp³-hybridized carbons (Fsp3) is 0.583. The zero-order valence-electron chi connectivity index (χ0n) is 10.9. The molecule has 1 atom stereocenters. The minimum atomic E-state index is -3.46. The van der Waals surface area contributed by atoms with E-state index in [1.165, 1.54) is 12.8 Å². The van der Waals surface area contributed by atoms with Gasteiger partial charge in [0.05, 0.1) is 4.88 Å². The van der Waals surface area contributed by atoms with Gasteiger partial charge in [0.25, 0.3) is 0 Å². The first-order valence-corrected chi connectivity index (χ1v) is 9.32. The molecular formula is C12H17N3O2S3. The van der Waals surface area contributed by atoms with Gasteiger partial charge in [-0.15, -0.1) is 11.3 Å². The number of likely N-dealkylation sites (tertiary alicyclic amines) is 1. The highest BCUT2D eigenvalue weighted by atomic mass is 32.2. The lowest BCUT2D eigenvalue weighted by Crippen LogP contribution is -2.37. The topological polar surface area (TPSA) is 75.4 Å². The lowest BCUT2D eigenvalue weighted by atomic mass is 10.3. The quantitative estimate of drug-likeness (QED) is 0.784. The van der Waals surface area contributed by atoms with E-state index < -0.39 is 10.0 Å². The Labute approximate surface area is 128 Å². The third-order valence-corrected chi connectivity index (χ3v) is 7.17. The highest BCUT2D eigenvalue weighted by Crippen LogP contribution is 2.30. The third kappa shape index (κ3) is 3.04. The van der Waals surface area contributed by atoms with Gasteiger partial charge in [0.15, 0.2) is 0 Å². The van der Waals surface area contributed by atoms with E-state index in [0.717, 1.165) is 30.8 Å². The van der Waals surface area contributed by atoms with Gasteiger partial charge in [-0.25, -0.2) is 13.1 Å². The number of thiophene rings is 1. The second-order valence-electron chi connectivity index (χ2n) is 5.32. The number of thiocarbonyl (C=S) groups is 1. The highest BCUT2D eigenvalue weighted by Gasteiger charge is 2.36. The number of nitrogens with one attached hydrogen (secondary N) is 1. The van der Waals surface area contributed by atoms with E-state index in [9.17, 15) is 8.42 Å². The molecule has 3 rings (SSSR count). The molecule has 0 amide bonds. The molecule has 8 heteroatoms. The normalized spacial score (nSPS) is 24.1. The number of nitrogens with two attached hydrogens (primary N) is 1. The molecule has 2 heterocycles. The maximum atomic E-state index is 12.3. The molecule has 0 bridgehead atoms. The molecule has 110 valence electrons. The van der Waals surface area contributed by atoms with E-state index in [2.05, 4.69) is 9.62 Å². The summed E-state index contributed by atoms with van der Waals surface area (Å²) in [6.45, 7) is 1.80. The maximum absolute atomic E-state index is 12.3. The van der Waals surface area contributed by atoms with Crippen molar-refractivity contribution in [2.75, 3.05) is 13.1 Å². The van der Waals surface area contributed by atoms with Crippen molar-refractivity contribution >= 4 is 38.6 Å². The maximum Gasteiger partial charge on any atom is 0.250 e. The standard InChI is InChI=1S/C12H17N3O2S3/c13-12(18)10-3-4-11(19-10)20(16,17)14-8-5-6-15(7-8)9-1-2-9/h3-4,8-9,14H,1-2,5-7H2,(H2,13,18). The Bertz CT molecular complexity index is 622. The third-order valence-electron chi connectivity index (χ3n) is 3.69. The Balaban J connectivity index is 1.67. The van der Waals surface area contributed by atoms with Crippen molar-refractivity contribution in [3.63, 3.8) is 0 Å². The Hall–Kier alpha value is -0.540. The van der Waals surface area contributed by atoms with Crippen LogP contribution in [0.4, 0.5) is 0 Å². The van der Waals surface area contributed by atoms with Gasteiger partial charge in [0.2, 0.25) is 10.0 Å². The molecule has 3 N–H and O–H groups in total. The average molecular weight is 331 g/mol. The molecule has 5 nitrogen and oxygen atoms in total. The van der Waals surface area contributed by atoms with Gasteiger partial charge in [0, 0.05) is 25.2 Å². The van der Waals surface area contributed by atoms with E-state index in [1.807, 2.05) is 0 Å². The van der Waals surface area contributed by atoms with Crippen LogP contribution < -0.4 is 10.5 Å². The van der Waals surface area contributed by atoms with Gasteiger partial charge in [-0.2, -0.15) is 0 Å². The predicted molar refractivity (Wildman–Crippen MR) is 83.5 cm³/mol. The number of hydrogen-bond acceptors (Lipinski definition) is 5. The minimum absolute atomic E-state index is 0.0102. The first kappa shape index (κ1) is 14.4. The molecule has 20 heavy (non-hydrogen) atoms. The molecule has 1 aromatic heterocycles. The van der Waals surface area contributed by atoms with Gasteiger partial charge in [0.1, 0.15) is 9.20 Å². The Morgan fingerprint density at radius 2 is 2.15 bits per heavy atom. The molecule has 0 aromatic carbocycles. The average Bonchev–Trinajstić information content (AvgIpc) is 2.91. The molecule has 0 spiro atoms. The van der Waals surface area contributed by atoms with Crippen molar-refractivity contribution in [3.8, 4) is 0 Å². The smallest absolute Gasteiger partial charge is 0.250 e. The number of rotatable bonds is 5. The Morgan fingerprint density at radius 1 is 1.40 bits per heavy atom. The van der Waals surface area contributed by atoms with Crippen molar-refractivity contribution in [2.45, 2.75) is 35.6 Å². The molecule has 1 saturated heterocycles. The van der Waals surface area contributed by atoms with Crippen LogP contribution in [0.3, 0.4) is 0 Å². The van der Waals surface area contributed by atoms with Gasteiger partial charge < -0.3 is 5.73 Å². The second-order valence-corrected chi connectivity index (χ2v) is 8.78. The van der Waals surface area contributed by atoms with Gasteiger partial charge in [-0.3, -0.25) is 4.90 Å². The molecule has 1 aliphatic carbocycles. The van der Waals surface area contributed by atoms with Crippen LogP contribution in [0.2, 0.25) is 0 Å². The second kappa shape index (κ2) is 5.34. The van der Waals surface area contributed by atoms with Gasteiger partial charge >= 0.3 is 0 Å². The van der Waals surface area contributed by atoms with E-state index in [4.69, 9.17) is 18.0 Å². The van der Waals surface area contributed by atoms with Crippen molar-refractivity contribution in [2.24, 2.45) is 5.73 Å². The Kier molecular flexibility index (Phi) is 3.85. The Morgan fingerprint density at radius 3 is 2.75 bits per heavy atom. The molecular weight excluding hydrogens is 314 g/mol. The highest BCUT2D eigenvalue weighted by molar-refractivity contribution is 7.91. The number of sulfonamides is 1. The van der Waals surface area contributed by atoms with E-state index in [0.29, 0.717) is 10.9 Å². The molecule has 1 aliphatic heterocycles. The SMILES string of the molecule is NC(=S)c1ccc(S(=O)(=O)NC2CCN(C3CC3)C2)s1. The first-order chi connectivity index (χ1) is 9.45. The zero-order chi connectivity index (χ0) is 14.3. The number of hydrogen-bond donors (Lipinski definition) is 2. The van der Waals surface area contributed by atoms with Crippen LogP contribution >= 0.6 is 23.6 Å². The van der Waals surface area contributed by atoms with E-state index in [-0.39, 0.29) is 15.2 Å². The van der Waals surface area contributed by atoms with Crippen LogP contribution in [-0.2, 0) is 10.0 Å². The van der Waals surface area contributed by atoms with Crippen LogP contribution in [0.15, 0.2) is 16.3 Å². The van der Waals surface area contributed by atoms with Crippen molar-refractivity contribution in [1.29, 1.82) is 0 Å². The molecule has 1 saturated carbocycles. The number of nitrogens with zero attached hydrogens (tertiary/aromatic N) is 1. The monoisotopic (exact) mass is 331 g/mol. The lowest BCUT2D eigenvalue weighted by molar-refractivity contribution is 0.322. The summed E-state index contributed by atoms with van der Waals surface area (Å²) >= 11 is 5.98. The first-order valence-electron chi connectivity index (χ1n) is 6.62. The zero-order valence-corrected chi connectivity index (χ0v) is 13.4. The van der Waals surface area contributed by atoms with Crippen LogP contribution in [-0.4, -0.2) is 43.5 Å². The summed E-state index contributed by atoms with van der Waals surface area (Å²) in [7, 11) is -3.46. The molecule has 1 aromatic rings. The van der Waals surface area contributed by atoms with E-state index >= 15 is 0 Å². The summed E-state index contributed by atoms with van der Waals surface area (Å²) in [4.78, 5) is 3.24. The molecule has 0 radical (unpaired) electrons. The van der Waals surface area contributed by atoms with Gasteiger partial charge in [-0.05, 0) is 31.4 Å². The summed E-state index contributed by atoms with van der Waals surface area (Å²) in [6.07, 6.45) is 3.38. The minimum Gasteiger partial charge on any atom is -0.389 e. The van der Waals surface area contributed by atoms with Crippen LogP contribution in [0.25, 0.3) is 0 Å². The summed E-state index contributed by atoms with van der Waals surface area (Å²) < 4.78 is 27.7. The molecule has 1 unspecified atom stereocenters. The summed E-state index contributed by atoms with van der Waals surface area (Å²) in [5, 5.41) is 0. The largest absolute Gasteiger partial charge is 0.389 e. The van der Waals surface area contributed by atoms with Crippen molar-refractivity contribution in [1.82, 2.24) is 9.62 Å².